The lowest BCUT2D eigenvalue weighted by Gasteiger charge is -2.41. The van der Waals surface area contributed by atoms with E-state index in [0.29, 0.717) is 30.2 Å². The van der Waals surface area contributed by atoms with Crippen LogP contribution in [-0.4, -0.2) is 82.2 Å². The van der Waals surface area contributed by atoms with Crippen LogP contribution in [0, 0.1) is 17.8 Å². The van der Waals surface area contributed by atoms with Crippen molar-refractivity contribution in [3.8, 4) is 0 Å². The highest BCUT2D eigenvalue weighted by Gasteiger charge is 2.76. The quantitative estimate of drug-likeness (QED) is 0.521. The van der Waals surface area contributed by atoms with E-state index in [1.807, 2.05) is 52.0 Å². The second kappa shape index (κ2) is 10.4. The molecule has 1 aromatic carbocycles. The molecule has 4 aliphatic heterocycles. The summed E-state index contributed by atoms with van der Waals surface area (Å²) in [7, 11) is 0. The van der Waals surface area contributed by atoms with E-state index >= 15 is 0 Å². The summed E-state index contributed by atoms with van der Waals surface area (Å²) in [6.45, 7) is 8.82. The molecule has 4 aliphatic rings. The van der Waals surface area contributed by atoms with E-state index in [2.05, 4.69) is 0 Å². The van der Waals surface area contributed by atoms with Crippen molar-refractivity contribution >= 4 is 35.0 Å². The Morgan fingerprint density at radius 2 is 1.69 bits per heavy atom. The van der Waals surface area contributed by atoms with Crippen LogP contribution in [0.25, 0.3) is 0 Å². The predicted octanol–water partition coefficient (Wildman–Crippen LogP) is 3.43. The molecule has 3 amide bonds. The number of nitrogens with zero attached hydrogens (tertiary/aromatic N) is 3. The van der Waals surface area contributed by atoms with Gasteiger partial charge in [0.1, 0.15) is 11.6 Å². The van der Waals surface area contributed by atoms with E-state index < -0.39 is 35.1 Å². The van der Waals surface area contributed by atoms with Crippen molar-refractivity contribution in [2.24, 2.45) is 17.8 Å². The van der Waals surface area contributed by atoms with Crippen LogP contribution < -0.4 is 4.90 Å². The highest BCUT2D eigenvalue weighted by molar-refractivity contribution is 6.30. The van der Waals surface area contributed by atoms with Crippen molar-refractivity contribution in [3.63, 3.8) is 0 Å². The number of hydrogen-bond acceptors (Lipinski definition) is 5. The van der Waals surface area contributed by atoms with Crippen molar-refractivity contribution < 1.29 is 24.2 Å². The molecular weight excluding hydrogens is 518 g/mol. The Kier molecular flexibility index (Phi) is 7.42. The highest BCUT2D eigenvalue weighted by atomic mass is 35.5. The lowest BCUT2D eigenvalue weighted by Crippen LogP contribution is -2.60. The Bertz CT molecular complexity index is 1200. The summed E-state index contributed by atoms with van der Waals surface area (Å²) in [5.41, 5.74) is -1.72. The number of benzene rings is 1. The Morgan fingerprint density at radius 1 is 1.00 bits per heavy atom. The van der Waals surface area contributed by atoms with E-state index in [1.165, 1.54) is 4.90 Å². The van der Waals surface area contributed by atoms with Crippen LogP contribution >= 0.6 is 11.6 Å². The van der Waals surface area contributed by atoms with Crippen LogP contribution in [0.5, 0.6) is 0 Å². The number of rotatable bonds is 7. The predicted molar refractivity (Wildman–Crippen MR) is 149 cm³/mol. The van der Waals surface area contributed by atoms with Gasteiger partial charge in [0.2, 0.25) is 11.8 Å². The maximum Gasteiger partial charge on any atom is 0.253 e. The van der Waals surface area contributed by atoms with Crippen molar-refractivity contribution in [2.45, 2.75) is 63.8 Å². The summed E-state index contributed by atoms with van der Waals surface area (Å²) in [4.78, 5) is 48.2. The topological polar surface area (TPSA) is 90.4 Å². The Labute approximate surface area is 235 Å². The number of carbonyl (C=O) groups is 3. The molecule has 1 aromatic rings. The van der Waals surface area contributed by atoms with Crippen LogP contribution in [0.15, 0.2) is 48.6 Å². The largest absolute Gasteiger partial charge is 0.394 e. The first-order valence-electron chi connectivity index (χ1n) is 14.0. The van der Waals surface area contributed by atoms with Crippen LogP contribution in [0.2, 0.25) is 5.02 Å². The number of ether oxygens (including phenoxy) is 1. The lowest BCUT2D eigenvalue weighted by atomic mass is 9.73. The maximum atomic E-state index is 14.6. The second-order valence-electron chi connectivity index (χ2n) is 11.4. The third kappa shape index (κ3) is 4.14. The number of amides is 3. The molecule has 1 unspecified atom stereocenters. The molecular formula is C30H38ClN3O5. The zero-order chi connectivity index (χ0) is 28.1. The molecule has 8 nitrogen and oxygen atoms in total. The molecule has 5 rings (SSSR count). The molecule has 2 fully saturated rings. The smallest absolute Gasteiger partial charge is 0.253 e. The molecule has 4 heterocycles. The van der Waals surface area contributed by atoms with E-state index in [-0.39, 0.29) is 36.8 Å². The first-order chi connectivity index (χ1) is 18.7. The summed E-state index contributed by atoms with van der Waals surface area (Å²) >= 11 is 6.12. The number of anilines is 1. The minimum Gasteiger partial charge on any atom is -0.394 e. The molecule has 2 saturated heterocycles. The van der Waals surface area contributed by atoms with Gasteiger partial charge in [-0.2, -0.15) is 0 Å². The normalized spacial score (nSPS) is 32.8. The summed E-state index contributed by atoms with van der Waals surface area (Å²) in [5, 5.41) is 11.0. The molecule has 1 N–H and O–H groups in total. The molecule has 1 spiro atoms. The van der Waals surface area contributed by atoms with Gasteiger partial charge in [0.15, 0.2) is 0 Å². The molecule has 0 aliphatic carbocycles. The first-order valence-corrected chi connectivity index (χ1v) is 14.4. The van der Waals surface area contributed by atoms with Gasteiger partial charge in [-0.3, -0.25) is 14.4 Å². The van der Waals surface area contributed by atoms with Crippen molar-refractivity contribution in [2.75, 3.05) is 31.1 Å². The number of carbonyl (C=O) groups excluding carboxylic acids is 3. The average Bonchev–Trinajstić information content (AvgIpc) is 3.20. The number of fused-ring (bicyclic) bond motifs is 2. The lowest BCUT2D eigenvalue weighted by molar-refractivity contribution is -0.153. The van der Waals surface area contributed by atoms with E-state index in [1.54, 1.807) is 34.1 Å². The van der Waals surface area contributed by atoms with E-state index in [9.17, 15) is 19.5 Å². The van der Waals surface area contributed by atoms with Gasteiger partial charge < -0.3 is 24.5 Å². The zero-order valence-corrected chi connectivity index (χ0v) is 23.8. The van der Waals surface area contributed by atoms with Gasteiger partial charge in [0.25, 0.3) is 5.91 Å². The van der Waals surface area contributed by atoms with E-state index in [0.717, 1.165) is 6.42 Å². The Hall–Kier alpha value is -2.68. The van der Waals surface area contributed by atoms with Gasteiger partial charge in [-0.15, -0.1) is 0 Å². The minimum absolute atomic E-state index is 0.121. The molecule has 9 heteroatoms. The van der Waals surface area contributed by atoms with Gasteiger partial charge in [-0.1, -0.05) is 63.6 Å². The van der Waals surface area contributed by atoms with Gasteiger partial charge in [0.05, 0.1) is 30.1 Å². The SMILES string of the molecule is CCCN1CC=C[C@]2(CC)O[C@]34C=CCN(c5ccc(Cl)cc5)C(=O)C3N([C@@H](CO)C(C)C)C(=O)[C@@H]4[C@@H]2C1=O. The summed E-state index contributed by atoms with van der Waals surface area (Å²) < 4.78 is 6.99. The number of aliphatic hydroxyl groups is 1. The second-order valence-corrected chi connectivity index (χ2v) is 11.8. The number of halogens is 1. The first kappa shape index (κ1) is 27.9. The van der Waals surface area contributed by atoms with Crippen molar-refractivity contribution in [1.29, 1.82) is 0 Å². The Balaban J connectivity index is 1.70. The molecule has 210 valence electrons. The highest BCUT2D eigenvalue weighted by Crippen LogP contribution is 2.59. The number of aliphatic hydroxyl groups excluding tert-OH is 1. The number of likely N-dealkylation sites (tertiary alicyclic amines) is 1. The molecule has 0 radical (unpaired) electrons. The third-order valence-electron chi connectivity index (χ3n) is 8.91. The van der Waals surface area contributed by atoms with Crippen molar-refractivity contribution in [1.82, 2.24) is 9.80 Å². The van der Waals surface area contributed by atoms with Gasteiger partial charge in [-0.05, 0) is 43.0 Å². The third-order valence-corrected chi connectivity index (χ3v) is 9.16. The van der Waals surface area contributed by atoms with Gasteiger partial charge in [-0.25, -0.2) is 0 Å². The molecule has 39 heavy (non-hydrogen) atoms. The van der Waals surface area contributed by atoms with Crippen LogP contribution in [0.3, 0.4) is 0 Å². The average molecular weight is 556 g/mol. The fraction of sp³-hybridized carbons (Fsp3) is 0.567. The van der Waals surface area contributed by atoms with Crippen LogP contribution in [-0.2, 0) is 19.1 Å². The fourth-order valence-electron chi connectivity index (χ4n) is 7.05. The van der Waals surface area contributed by atoms with Gasteiger partial charge >= 0.3 is 0 Å². The van der Waals surface area contributed by atoms with Crippen LogP contribution in [0.1, 0.15) is 40.5 Å². The van der Waals surface area contributed by atoms with E-state index in [4.69, 9.17) is 16.3 Å². The summed E-state index contributed by atoms with van der Waals surface area (Å²) in [6.07, 6.45) is 8.89. The molecule has 6 atom stereocenters. The van der Waals surface area contributed by atoms with Crippen LogP contribution in [0.4, 0.5) is 5.69 Å². The minimum atomic E-state index is -1.35. The fourth-order valence-corrected chi connectivity index (χ4v) is 7.18. The monoisotopic (exact) mass is 555 g/mol. The summed E-state index contributed by atoms with van der Waals surface area (Å²) in [5.74, 6) is -2.54. The molecule has 0 saturated carbocycles. The Morgan fingerprint density at radius 3 is 2.31 bits per heavy atom. The standard InChI is InChI=1S/C30H38ClN3O5/c1-5-15-32-16-7-13-29(6-2)23(26(32)36)24-27(37)34(22(18-35)19(3)4)25-28(38)33(17-8-14-30(24,25)39-29)21-11-9-20(31)10-12-21/h7-14,19,22-25,35H,5-6,15-18H2,1-4H3/t22-,23+,24-,25?,29-,30-/m0/s1. The molecule has 0 aromatic heterocycles. The summed E-state index contributed by atoms with van der Waals surface area (Å²) in [6, 6.07) is 5.34. The van der Waals surface area contributed by atoms with Crippen molar-refractivity contribution in [3.05, 3.63) is 53.6 Å². The van der Waals surface area contributed by atoms with Gasteiger partial charge in [0, 0.05) is 30.3 Å². The zero-order valence-electron chi connectivity index (χ0n) is 23.0. The number of hydrogen-bond donors (Lipinski definition) is 1. The molecule has 0 bridgehead atoms. The maximum absolute atomic E-state index is 14.6.